The molecule has 5 rings (SSSR count). The van der Waals surface area contributed by atoms with Gasteiger partial charge in [0, 0.05) is 42.6 Å². The fourth-order valence-electron chi connectivity index (χ4n) is 4.40. The Morgan fingerprint density at radius 3 is 2.69 bits per heavy atom. The van der Waals surface area contributed by atoms with Crippen molar-refractivity contribution < 1.29 is 18.3 Å². The number of amides is 1. The Labute approximate surface area is 210 Å². The largest absolute Gasteiger partial charge is 0.614 e. The molecular formula is C26H21ClF2N4O3. The topological polar surface area (TPSA) is 88.0 Å². The van der Waals surface area contributed by atoms with Crippen molar-refractivity contribution in [2.45, 2.75) is 39.7 Å². The van der Waals surface area contributed by atoms with Gasteiger partial charge in [-0.05, 0) is 37.8 Å². The number of aromatic nitrogens is 3. The molecule has 0 saturated carbocycles. The standard InChI is InChI=1S/C26H21ClF2N4O3/c1-14-11-30-21(20-7-6-16-4-3-5-19(16)32-20)10-23(14)33(35)15(2)8-24(25(27)26(33)34)36-13-22-18(29)9-17(28)12-31-22/h6-12H,3-5,13H2,1-2H3. The lowest BCUT2D eigenvalue weighted by molar-refractivity contribution is -0.122. The molecule has 2 aliphatic rings. The summed E-state index contributed by atoms with van der Waals surface area (Å²) < 4.78 is 31.1. The molecule has 3 aromatic heterocycles. The van der Waals surface area contributed by atoms with Gasteiger partial charge in [-0.3, -0.25) is 15.0 Å². The molecule has 1 aliphatic carbocycles. The number of aryl methyl sites for hydroxylation is 3. The van der Waals surface area contributed by atoms with Crippen molar-refractivity contribution in [1.29, 1.82) is 0 Å². The van der Waals surface area contributed by atoms with Gasteiger partial charge in [-0.1, -0.05) is 17.7 Å². The summed E-state index contributed by atoms with van der Waals surface area (Å²) in [5.74, 6) is -2.78. The molecule has 0 spiro atoms. The highest BCUT2D eigenvalue weighted by molar-refractivity contribution is 6.44. The number of hydrogen-bond donors (Lipinski definition) is 0. The summed E-state index contributed by atoms with van der Waals surface area (Å²) >= 11 is 6.28. The van der Waals surface area contributed by atoms with Gasteiger partial charge in [-0.15, -0.1) is 0 Å². The van der Waals surface area contributed by atoms with Crippen LogP contribution in [0.3, 0.4) is 0 Å². The number of carbonyl (C=O) groups is 1. The summed E-state index contributed by atoms with van der Waals surface area (Å²) in [6.45, 7) is 2.77. The van der Waals surface area contributed by atoms with Crippen LogP contribution in [0.5, 0.6) is 0 Å². The van der Waals surface area contributed by atoms with E-state index in [4.69, 9.17) is 21.3 Å². The van der Waals surface area contributed by atoms with Crippen LogP contribution in [0.1, 0.15) is 35.9 Å². The summed E-state index contributed by atoms with van der Waals surface area (Å²) in [5.41, 5.74) is 3.90. The molecule has 0 saturated heterocycles. The monoisotopic (exact) mass is 510 g/mol. The Balaban J connectivity index is 1.47. The Kier molecular flexibility index (Phi) is 6.15. The van der Waals surface area contributed by atoms with Crippen LogP contribution in [0, 0.1) is 23.8 Å². The molecular weight excluding hydrogens is 490 g/mol. The number of carbonyl (C=O) groups excluding carboxylic acids is 1. The molecule has 0 N–H and O–H groups in total. The quantitative estimate of drug-likeness (QED) is 0.331. The minimum atomic E-state index is -1.46. The van der Waals surface area contributed by atoms with E-state index in [-0.39, 0.29) is 22.8 Å². The first kappa shape index (κ1) is 24.2. The maximum Gasteiger partial charge on any atom is 0.370 e. The number of hydroxylamine groups is 2. The molecule has 7 nitrogen and oxygen atoms in total. The van der Waals surface area contributed by atoms with E-state index in [0.29, 0.717) is 23.0 Å². The van der Waals surface area contributed by atoms with Crippen LogP contribution in [0.15, 0.2) is 59.2 Å². The smallest absolute Gasteiger partial charge is 0.370 e. The SMILES string of the molecule is CC1=CC(OCc2ncc(F)cc2F)=C(Cl)C(=O)[N+]1([O-])c1cc(-c2ccc3c(n2)CCC3)ncc1C. The van der Waals surface area contributed by atoms with Gasteiger partial charge in [0.25, 0.3) is 0 Å². The highest BCUT2D eigenvalue weighted by Gasteiger charge is 2.42. The lowest BCUT2D eigenvalue weighted by Crippen LogP contribution is -2.49. The first-order valence-corrected chi connectivity index (χ1v) is 11.7. The number of hydrogen-bond acceptors (Lipinski definition) is 6. The van der Waals surface area contributed by atoms with Gasteiger partial charge in [-0.25, -0.2) is 18.2 Å². The molecule has 0 fully saturated rings. The summed E-state index contributed by atoms with van der Waals surface area (Å²) in [5, 5.41) is 13.6. The minimum absolute atomic E-state index is 0.0918. The molecule has 0 bridgehead atoms. The zero-order valence-corrected chi connectivity index (χ0v) is 20.3. The van der Waals surface area contributed by atoms with E-state index in [1.807, 2.05) is 12.1 Å². The van der Waals surface area contributed by atoms with Crippen LogP contribution in [0.4, 0.5) is 14.5 Å². The molecule has 1 amide bonds. The van der Waals surface area contributed by atoms with Gasteiger partial charge in [-0.2, -0.15) is 0 Å². The van der Waals surface area contributed by atoms with Crippen LogP contribution in [0.25, 0.3) is 11.4 Å². The van der Waals surface area contributed by atoms with E-state index < -0.39 is 33.8 Å². The average Bonchev–Trinajstić information content (AvgIpc) is 3.33. The maximum atomic E-state index is 14.1. The van der Waals surface area contributed by atoms with Gasteiger partial charge in [0.2, 0.25) is 0 Å². The predicted octanol–water partition coefficient (Wildman–Crippen LogP) is 5.53. The third-order valence-electron chi connectivity index (χ3n) is 6.38. The molecule has 36 heavy (non-hydrogen) atoms. The van der Waals surface area contributed by atoms with Crippen LogP contribution in [-0.4, -0.2) is 20.9 Å². The van der Waals surface area contributed by atoms with Crippen molar-refractivity contribution in [1.82, 2.24) is 19.6 Å². The van der Waals surface area contributed by atoms with E-state index in [9.17, 15) is 18.8 Å². The van der Waals surface area contributed by atoms with Gasteiger partial charge in [0.05, 0.1) is 17.6 Å². The summed E-state index contributed by atoms with van der Waals surface area (Å²) in [7, 11) is 0. The zero-order chi connectivity index (χ0) is 25.6. The number of nitrogens with zero attached hydrogens (tertiary/aromatic N) is 4. The first-order chi connectivity index (χ1) is 17.2. The Bertz CT molecular complexity index is 1470. The van der Waals surface area contributed by atoms with Crippen molar-refractivity contribution in [3.05, 3.63) is 98.6 Å². The predicted molar refractivity (Wildman–Crippen MR) is 130 cm³/mol. The zero-order valence-electron chi connectivity index (χ0n) is 19.5. The number of quaternary nitrogens is 1. The molecule has 1 atom stereocenters. The van der Waals surface area contributed by atoms with E-state index >= 15 is 0 Å². The van der Waals surface area contributed by atoms with Crippen LogP contribution >= 0.6 is 11.6 Å². The fourth-order valence-corrected chi connectivity index (χ4v) is 4.63. The number of pyridine rings is 3. The van der Waals surface area contributed by atoms with Gasteiger partial charge in [0.1, 0.15) is 23.8 Å². The lowest BCUT2D eigenvalue weighted by Gasteiger charge is -2.41. The third-order valence-corrected chi connectivity index (χ3v) is 6.73. The van der Waals surface area contributed by atoms with Crippen molar-refractivity contribution in [2.24, 2.45) is 0 Å². The second-order valence-electron chi connectivity index (χ2n) is 8.76. The van der Waals surface area contributed by atoms with Crippen LogP contribution < -0.4 is 4.65 Å². The van der Waals surface area contributed by atoms with Crippen molar-refractivity contribution >= 4 is 23.2 Å². The number of ether oxygens (including phenoxy) is 1. The maximum absolute atomic E-state index is 14.1. The number of rotatable bonds is 5. The van der Waals surface area contributed by atoms with E-state index in [1.54, 1.807) is 13.0 Å². The normalized spacial score (nSPS) is 19.4. The minimum Gasteiger partial charge on any atom is -0.614 e. The summed E-state index contributed by atoms with van der Waals surface area (Å²) in [6, 6.07) is 6.12. The van der Waals surface area contributed by atoms with E-state index in [1.165, 1.54) is 24.8 Å². The van der Waals surface area contributed by atoms with Gasteiger partial charge >= 0.3 is 5.91 Å². The highest BCUT2D eigenvalue weighted by Crippen LogP contribution is 2.40. The Hall–Kier alpha value is -3.53. The molecule has 1 aliphatic heterocycles. The Morgan fingerprint density at radius 1 is 1.11 bits per heavy atom. The van der Waals surface area contributed by atoms with Crippen LogP contribution in [0.2, 0.25) is 0 Å². The second kappa shape index (κ2) is 9.16. The molecule has 10 heteroatoms. The average molecular weight is 511 g/mol. The molecule has 184 valence electrons. The van der Waals surface area contributed by atoms with E-state index in [2.05, 4.69) is 9.97 Å². The molecule has 0 aromatic carbocycles. The van der Waals surface area contributed by atoms with Gasteiger partial charge < -0.3 is 9.94 Å². The highest BCUT2D eigenvalue weighted by atomic mass is 35.5. The Morgan fingerprint density at radius 2 is 1.92 bits per heavy atom. The third kappa shape index (κ3) is 4.09. The molecule has 4 heterocycles. The first-order valence-electron chi connectivity index (χ1n) is 11.3. The molecule has 1 unspecified atom stereocenters. The molecule has 0 radical (unpaired) electrons. The second-order valence-corrected chi connectivity index (χ2v) is 9.14. The van der Waals surface area contributed by atoms with Crippen molar-refractivity contribution in [2.75, 3.05) is 0 Å². The lowest BCUT2D eigenvalue weighted by atomic mass is 10.1. The number of halogens is 3. The number of allylic oxidation sites excluding steroid dienone is 2. The summed E-state index contributed by atoms with van der Waals surface area (Å²) in [6.07, 6.45) is 6.66. The summed E-state index contributed by atoms with van der Waals surface area (Å²) in [4.78, 5) is 26.1. The fraction of sp³-hybridized carbons (Fsp3) is 0.231. The molecule has 3 aromatic rings. The van der Waals surface area contributed by atoms with Gasteiger partial charge in [0.15, 0.2) is 22.3 Å². The van der Waals surface area contributed by atoms with Crippen molar-refractivity contribution in [3.63, 3.8) is 0 Å². The van der Waals surface area contributed by atoms with E-state index in [0.717, 1.165) is 31.2 Å². The number of fused-ring (bicyclic) bond motifs is 1. The van der Waals surface area contributed by atoms with Crippen molar-refractivity contribution in [3.8, 4) is 11.4 Å². The van der Waals surface area contributed by atoms with Crippen LogP contribution in [-0.2, 0) is 29.0 Å².